The number of benzene rings is 1. The van der Waals surface area contributed by atoms with Gasteiger partial charge in [0.15, 0.2) is 17.5 Å². The van der Waals surface area contributed by atoms with Gasteiger partial charge < -0.3 is 5.73 Å². The van der Waals surface area contributed by atoms with Gasteiger partial charge in [-0.15, -0.1) is 0 Å². The van der Waals surface area contributed by atoms with Crippen molar-refractivity contribution >= 4 is 37.5 Å². The summed E-state index contributed by atoms with van der Waals surface area (Å²) in [6.45, 7) is 0. The molecule has 1 nitrogen and oxygen atoms in total. The van der Waals surface area contributed by atoms with Gasteiger partial charge in [-0.25, -0.2) is 13.2 Å². The van der Waals surface area contributed by atoms with Gasteiger partial charge in [0, 0.05) is 0 Å². The van der Waals surface area contributed by atoms with E-state index in [-0.39, 0.29) is 14.6 Å². The van der Waals surface area contributed by atoms with Crippen LogP contribution in [0.3, 0.4) is 0 Å². The Labute approximate surface area is 83.0 Å². The van der Waals surface area contributed by atoms with Gasteiger partial charge in [0.1, 0.15) is 0 Å². The smallest absolute Gasteiger partial charge is 0.196 e. The highest BCUT2D eigenvalue weighted by Gasteiger charge is 2.20. The Hall–Kier alpha value is -0.230. The zero-order chi connectivity index (χ0) is 9.46. The standard InChI is InChI=1S/C6H2Br2F3N/c7-1-3(9)5(11)4(10)2(8)6(1)12/h12H2. The summed E-state index contributed by atoms with van der Waals surface area (Å²) in [6.07, 6.45) is 0. The Morgan fingerprint density at radius 2 is 1.17 bits per heavy atom. The summed E-state index contributed by atoms with van der Waals surface area (Å²) < 4.78 is 37.3. The predicted octanol–water partition coefficient (Wildman–Crippen LogP) is 3.21. The first kappa shape index (κ1) is 9.85. The lowest BCUT2D eigenvalue weighted by Crippen LogP contribution is -1.99. The van der Waals surface area contributed by atoms with Crippen molar-refractivity contribution in [2.24, 2.45) is 0 Å². The van der Waals surface area contributed by atoms with Crippen molar-refractivity contribution < 1.29 is 13.2 Å². The number of hydrogen-bond donors (Lipinski definition) is 1. The third-order valence-corrected chi connectivity index (χ3v) is 2.79. The SMILES string of the molecule is Nc1c(Br)c(F)c(F)c(F)c1Br. The van der Waals surface area contributed by atoms with E-state index in [0.29, 0.717) is 0 Å². The molecule has 66 valence electrons. The predicted molar refractivity (Wildman–Crippen MR) is 46.1 cm³/mol. The quantitative estimate of drug-likeness (QED) is 0.444. The lowest BCUT2D eigenvalue weighted by Gasteiger charge is -2.05. The van der Waals surface area contributed by atoms with Crippen LogP contribution in [0.1, 0.15) is 0 Å². The van der Waals surface area contributed by atoms with E-state index in [1.54, 1.807) is 0 Å². The fourth-order valence-corrected chi connectivity index (χ4v) is 1.63. The molecule has 0 fully saturated rings. The lowest BCUT2D eigenvalue weighted by atomic mass is 10.3. The van der Waals surface area contributed by atoms with E-state index in [1.165, 1.54) is 0 Å². The molecule has 12 heavy (non-hydrogen) atoms. The molecular weight excluding hydrogens is 303 g/mol. The molecule has 1 aromatic carbocycles. The van der Waals surface area contributed by atoms with E-state index in [0.717, 1.165) is 0 Å². The van der Waals surface area contributed by atoms with Crippen LogP contribution in [-0.4, -0.2) is 0 Å². The van der Waals surface area contributed by atoms with E-state index in [9.17, 15) is 13.2 Å². The van der Waals surface area contributed by atoms with Gasteiger partial charge in [0.25, 0.3) is 0 Å². The number of rotatable bonds is 0. The van der Waals surface area contributed by atoms with Crippen molar-refractivity contribution in [3.05, 3.63) is 26.4 Å². The Balaban J connectivity index is 3.60. The number of nitrogens with two attached hydrogens (primary N) is 1. The van der Waals surface area contributed by atoms with Crippen molar-refractivity contribution in [3.63, 3.8) is 0 Å². The van der Waals surface area contributed by atoms with Crippen molar-refractivity contribution in [1.29, 1.82) is 0 Å². The molecule has 2 N–H and O–H groups in total. The minimum Gasteiger partial charge on any atom is -0.397 e. The van der Waals surface area contributed by atoms with E-state index >= 15 is 0 Å². The average Bonchev–Trinajstić information content (AvgIpc) is 2.08. The molecule has 0 aliphatic carbocycles. The van der Waals surface area contributed by atoms with E-state index in [1.807, 2.05) is 0 Å². The maximum atomic E-state index is 12.7. The summed E-state index contributed by atoms with van der Waals surface area (Å²) >= 11 is 5.36. The molecule has 0 unspecified atom stereocenters. The van der Waals surface area contributed by atoms with Crippen LogP contribution in [0.5, 0.6) is 0 Å². The van der Waals surface area contributed by atoms with Gasteiger partial charge >= 0.3 is 0 Å². The highest BCUT2D eigenvalue weighted by atomic mass is 79.9. The topological polar surface area (TPSA) is 26.0 Å². The second-order valence-corrected chi connectivity index (χ2v) is 3.57. The number of hydrogen-bond acceptors (Lipinski definition) is 1. The summed E-state index contributed by atoms with van der Waals surface area (Å²) in [6, 6.07) is 0. The first-order valence-electron chi connectivity index (χ1n) is 2.73. The Kier molecular flexibility index (Phi) is 2.67. The number of nitrogen functional groups attached to an aromatic ring is 1. The molecule has 0 aromatic heterocycles. The van der Waals surface area contributed by atoms with E-state index < -0.39 is 17.5 Å². The van der Waals surface area contributed by atoms with Crippen LogP contribution in [0, 0.1) is 17.5 Å². The summed E-state index contributed by atoms with van der Waals surface area (Å²) in [4.78, 5) is 0. The molecule has 0 amide bonds. The third-order valence-electron chi connectivity index (χ3n) is 1.24. The minimum atomic E-state index is -1.55. The molecule has 0 saturated heterocycles. The Morgan fingerprint density at radius 3 is 1.50 bits per heavy atom. The first-order chi connectivity index (χ1) is 5.46. The molecule has 0 bridgehead atoms. The molecule has 0 spiro atoms. The molecule has 0 saturated carbocycles. The maximum Gasteiger partial charge on any atom is 0.196 e. The fourth-order valence-electron chi connectivity index (χ4n) is 0.622. The van der Waals surface area contributed by atoms with E-state index in [2.05, 4.69) is 31.9 Å². The molecule has 0 aliphatic rings. The fraction of sp³-hybridized carbons (Fsp3) is 0. The second kappa shape index (κ2) is 3.26. The first-order valence-corrected chi connectivity index (χ1v) is 4.32. The van der Waals surface area contributed by atoms with Gasteiger partial charge in [-0.3, -0.25) is 0 Å². The van der Waals surface area contributed by atoms with Gasteiger partial charge in [-0.2, -0.15) is 0 Å². The monoisotopic (exact) mass is 303 g/mol. The third kappa shape index (κ3) is 1.33. The van der Waals surface area contributed by atoms with Gasteiger partial charge in [-0.05, 0) is 31.9 Å². The molecule has 1 aromatic rings. The minimum absolute atomic E-state index is 0.202. The molecule has 0 radical (unpaired) electrons. The highest BCUT2D eigenvalue weighted by Crippen LogP contribution is 2.34. The van der Waals surface area contributed by atoms with Crippen LogP contribution < -0.4 is 5.73 Å². The van der Waals surface area contributed by atoms with Crippen LogP contribution >= 0.6 is 31.9 Å². The second-order valence-electron chi connectivity index (χ2n) is 1.98. The van der Waals surface area contributed by atoms with Gasteiger partial charge in [-0.1, -0.05) is 0 Å². The van der Waals surface area contributed by atoms with Gasteiger partial charge in [0.05, 0.1) is 14.6 Å². The van der Waals surface area contributed by atoms with Crippen LogP contribution in [0.25, 0.3) is 0 Å². The zero-order valence-electron chi connectivity index (χ0n) is 5.47. The summed E-state index contributed by atoms with van der Waals surface area (Å²) in [5.74, 6) is -4.20. The van der Waals surface area contributed by atoms with Crippen LogP contribution in [0.15, 0.2) is 8.95 Å². The van der Waals surface area contributed by atoms with Crippen molar-refractivity contribution in [2.75, 3.05) is 5.73 Å². The van der Waals surface area contributed by atoms with Crippen molar-refractivity contribution in [2.45, 2.75) is 0 Å². The Bertz CT molecular complexity index is 235. The van der Waals surface area contributed by atoms with E-state index in [4.69, 9.17) is 5.73 Å². The van der Waals surface area contributed by atoms with Crippen LogP contribution in [0.4, 0.5) is 18.9 Å². The van der Waals surface area contributed by atoms with Crippen LogP contribution in [0.2, 0.25) is 0 Å². The largest absolute Gasteiger partial charge is 0.397 e. The summed E-state index contributed by atoms with van der Waals surface area (Å²) in [5, 5.41) is 0. The maximum absolute atomic E-state index is 12.7. The van der Waals surface area contributed by atoms with Crippen LogP contribution in [-0.2, 0) is 0 Å². The Morgan fingerprint density at radius 1 is 0.833 bits per heavy atom. The zero-order valence-corrected chi connectivity index (χ0v) is 8.64. The lowest BCUT2D eigenvalue weighted by molar-refractivity contribution is 0.442. The molecule has 0 atom stereocenters. The molecule has 1 rings (SSSR count). The molecule has 0 heterocycles. The summed E-state index contributed by atoms with van der Waals surface area (Å²) in [5.41, 5.74) is 5.01. The number of halogens is 5. The van der Waals surface area contributed by atoms with Crippen molar-refractivity contribution in [1.82, 2.24) is 0 Å². The molecule has 6 heteroatoms. The van der Waals surface area contributed by atoms with Gasteiger partial charge in [0.2, 0.25) is 0 Å². The normalized spacial score (nSPS) is 10.4. The van der Waals surface area contributed by atoms with Crippen molar-refractivity contribution in [3.8, 4) is 0 Å². The molecular formula is C6H2Br2F3N. The number of anilines is 1. The molecule has 0 aliphatic heterocycles. The average molecular weight is 305 g/mol. The highest BCUT2D eigenvalue weighted by molar-refractivity contribution is 9.11. The summed E-state index contributed by atoms with van der Waals surface area (Å²) in [7, 11) is 0.